The molecule has 0 aliphatic rings. The summed E-state index contributed by atoms with van der Waals surface area (Å²) < 4.78 is 15.1. The highest BCUT2D eigenvalue weighted by atomic mass is 16.5. The molecule has 0 saturated carbocycles. The zero-order chi connectivity index (χ0) is 18.8. The van der Waals surface area contributed by atoms with Crippen LogP contribution in [0.1, 0.15) is 5.56 Å². The second kappa shape index (κ2) is 9.96. The van der Waals surface area contributed by atoms with Crippen LogP contribution in [-0.4, -0.2) is 64.2 Å². The smallest absolute Gasteiger partial charge is 0.331 e. The van der Waals surface area contributed by atoms with Gasteiger partial charge in [-0.25, -0.2) is 4.79 Å². The largest absolute Gasteiger partial charge is 0.497 e. The molecule has 2 amide bonds. The minimum Gasteiger partial charge on any atom is -0.497 e. The Balaban J connectivity index is 2.52. The fourth-order valence-corrected chi connectivity index (χ4v) is 1.70. The lowest BCUT2D eigenvalue weighted by Crippen LogP contribution is -2.38. The van der Waals surface area contributed by atoms with Crippen LogP contribution in [0.4, 0.5) is 0 Å². The monoisotopic (exact) mass is 350 g/mol. The van der Waals surface area contributed by atoms with Gasteiger partial charge in [0, 0.05) is 25.7 Å². The molecule has 0 aromatic heterocycles. The number of ether oxygens (including phenoxy) is 3. The number of hydrogen-bond acceptors (Lipinski definition) is 6. The molecule has 0 saturated heterocycles. The van der Waals surface area contributed by atoms with Crippen LogP contribution in [0.15, 0.2) is 24.3 Å². The summed E-state index contributed by atoms with van der Waals surface area (Å²) in [4.78, 5) is 35.9. The van der Waals surface area contributed by atoms with Crippen LogP contribution >= 0.6 is 0 Å². The van der Waals surface area contributed by atoms with Gasteiger partial charge >= 0.3 is 5.97 Å². The van der Waals surface area contributed by atoms with Crippen molar-refractivity contribution < 1.29 is 28.6 Å². The molecule has 0 radical (unpaired) electrons. The number of esters is 1. The Morgan fingerprint density at radius 3 is 2.48 bits per heavy atom. The molecule has 0 unspecified atom stereocenters. The minimum absolute atomic E-state index is 0.153. The van der Waals surface area contributed by atoms with Gasteiger partial charge in [0.1, 0.15) is 11.5 Å². The molecule has 8 heteroatoms. The molecule has 25 heavy (non-hydrogen) atoms. The van der Waals surface area contributed by atoms with Gasteiger partial charge in [-0.1, -0.05) is 0 Å². The van der Waals surface area contributed by atoms with Crippen LogP contribution in [0, 0.1) is 0 Å². The molecule has 0 spiro atoms. The predicted molar refractivity (Wildman–Crippen MR) is 91.2 cm³/mol. The van der Waals surface area contributed by atoms with Gasteiger partial charge in [-0.2, -0.15) is 0 Å². The van der Waals surface area contributed by atoms with Crippen LogP contribution in [0.2, 0.25) is 0 Å². The topological polar surface area (TPSA) is 94.2 Å². The van der Waals surface area contributed by atoms with Crippen LogP contribution < -0.4 is 14.8 Å². The van der Waals surface area contributed by atoms with Crippen molar-refractivity contribution in [1.29, 1.82) is 0 Å². The molecule has 8 nitrogen and oxygen atoms in total. The molecule has 1 N–H and O–H groups in total. The third-order valence-corrected chi connectivity index (χ3v) is 3.12. The zero-order valence-electron chi connectivity index (χ0n) is 14.7. The second-order valence-corrected chi connectivity index (χ2v) is 5.11. The normalized spacial score (nSPS) is 10.2. The standard InChI is InChI=1S/C17H22N2O6/c1-19(2)16(21)10-18-15(20)11-25-17(22)8-5-12-9-13(23-3)6-7-14(12)24-4/h5-9H,10-11H2,1-4H3,(H,18,20)/b8-5+. The lowest BCUT2D eigenvalue weighted by atomic mass is 10.1. The number of amides is 2. The van der Waals surface area contributed by atoms with E-state index in [2.05, 4.69) is 5.32 Å². The molecule has 0 aliphatic heterocycles. The molecular weight excluding hydrogens is 328 g/mol. The molecule has 0 fully saturated rings. The summed E-state index contributed by atoms with van der Waals surface area (Å²) in [6.07, 6.45) is 2.67. The quantitative estimate of drug-likeness (QED) is 0.541. The number of carbonyl (C=O) groups excluding carboxylic acids is 3. The second-order valence-electron chi connectivity index (χ2n) is 5.11. The number of benzene rings is 1. The van der Waals surface area contributed by atoms with Gasteiger partial charge in [0.15, 0.2) is 6.61 Å². The van der Waals surface area contributed by atoms with Crippen molar-refractivity contribution in [2.75, 3.05) is 41.5 Å². The van der Waals surface area contributed by atoms with Crippen LogP contribution in [0.5, 0.6) is 11.5 Å². The Morgan fingerprint density at radius 1 is 1.16 bits per heavy atom. The maximum atomic E-state index is 11.7. The van der Waals surface area contributed by atoms with Crippen molar-refractivity contribution >= 4 is 23.9 Å². The summed E-state index contributed by atoms with van der Waals surface area (Å²) in [5.41, 5.74) is 0.625. The van der Waals surface area contributed by atoms with Gasteiger partial charge < -0.3 is 24.4 Å². The number of nitrogens with one attached hydrogen (secondary N) is 1. The van der Waals surface area contributed by atoms with Crippen LogP contribution in [0.25, 0.3) is 6.08 Å². The van der Waals surface area contributed by atoms with Gasteiger partial charge in [-0.05, 0) is 24.3 Å². The Bertz CT molecular complexity index is 655. The predicted octanol–water partition coefficient (Wildman–Crippen LogP) is 0.465. The molecule has 136 valence electrons. The number of nitrogens with zero attached hydrogens (tertiary/aromatic N) is 1. The van der Waals surface area contributed by atoms with E-state index in [0.717, 1.165) is 0 Å². The molecule has 0 atom stereocenters. The summed E-state index contributed by atoms with van der Waals surface area (Å²) in [6, 6.07) is 5.13. The van der Waals surface area contributed by atoms with Gasteiger partial charge in [-0.15, -0.1) is 0 Å². The van der Waals surface area contributed by atoms with Crippen molar-refractivity contribution in [2.24, 2.45) is 0 Å². The number of carbonyl (C=O) groups is 3. The molecular formula is C17H22N2O6. The summed E-state index contributed by atoms with van der Waals surface area (Å²) in [7, 11) is 6.19. The van der Waals surface area contributed by atoms with E-state index in [1.165, 1.54) is 31.3 Å². The van der Waals surface area contributed by atoms with Gasteiger partial charge in [-0.3, -0.25) is 9.59 Å². The minimum atomic E-state index is -0.695. The van der Waals surface area contributed by atoms with Crippen LogP contribution in [0.3, 0.4) is 0 Å². The number of methoxy groups -OCH3 is 2. The van der Waals surface area contributed by atoms with E-state index in [1.54, 1.807) is 32.3 Å². The molecule has 0 heterocycles. The van der Waals surface area contributed by atoms with Gasteiger partial charge in [0.25, 0.3) is 5.91 Å². The summed E-state index contributed by atoms with van der Waals surface area (Å²) in [6.45, 7) is -0.626. The Hall–Kier alpha value is -3.03. The first-order valence-electron chi connectivity index (χ1n) is 7.41. The van der Waals surface area contributed by atoms with E-state index < -0.39 is 18.5 Å². The van der Waals surface area contributed by atoms with E-state index in [9.17, 15) is 14.4 Å². The van der Waals surface area contributed by atoms with E-state index in [0.29, 0.717) is 17.1 Å². The fourth-order valence-electron chi connectivity index (χ4n) is 1.70. The van der Waals surface area contributed by atoms with E-state index >= 15 is 0 Å². The Morgan fingerprint density at radius 2 is 1.88 bits per heavy atom. The highest BCUT2D eigenvalue weighted by Crippen LogP contribution is 2.25. The number of hydrogen-bond donors (Lipinski definition) is 1. The van der Waals surface area contributed by atoms with Gasteiger partial charge in [0.2, 0.25) is 5.91 Å². The number of rotatable bonds is 8. The zero-order valence-corrected chi connectivity index (χ0v) is 14.7. The summed E-state index contributed by atoms with van der Waals surface area (Å²) in [5.74, 6) is -0.344. The maximum absolute atomic E-state index is 11.7. The van der Waals surface area contributed by atoms with Crippen molar-refractivity contribution in [1.82, 2.24) is 10.2 Å². The van der Waals surface area contributed by atoms with Crippen LogP contribution in [-0.2, 0) is 19.1 Å². The summed E-state index contributed by atoms with van der Waals surface area (Å²) >= 11 is 0. The Kier molecular flexibility index (Phi) is 7.98. The third kappa shape index (κ3) is 6.94. The molecule has 0 aliphatic carbocycles. The van der Waals surface area contributed by atoms with Crippen molar-refractivity contribution in [3.63, 3.8) is 0 Å². The van der Waals surface area contributed by atoms with Crippen molar-refractivity contribution in [3.05, 3.63) is 29.8 Å². The first-order chi connectivity index (χ1) is 11.9. The molecule has 0 bridgehead atoms. The maximum Gasteiger partial charge on any atom is 0.331 e. The molecule has 1 aromatic carbocycles. The summed E-state index contributed by atoms with van der Waals surface area (Å²) in [5, 5.41) is 2.36. The SMILES string of the molecule is COc1ccc(OC)c(/C=C/C(=O)OCC(=O)NCC(=O)N(C)C)c1. The molecule has 1 aromatic rings. The number of likely N-dealkylation sites (N-methyl/N-ethyl adjacent to an activating group) is 1. The lowest BCUT2D eigenvalue weighted by Gasteiger charge is -2.10. The van der Waals surface area contributed by atoms with E-state index in [4.69, 9.17) is 14.2 Å². The average Bonchev–Trinajstić information content (AvgIpc) is 2.61. The van der Waals surface area contributed by atoms with Crippen molar-refractivity contribution in [3.8, 4) is 11.5 Å². The third-order valence-electron chi connectivity index (χ3n) is 3.12. The highest BCUT2D eigenvalue weighted by molar-refractivity contribution is 5.90. The lowest BCUT2D eigenvalue weighted by molar-refractivity contribution is -0.144. The fraction of sp³-hybridized carbons (Fsp3) is 0.353. The average molecular weight is 350 g/mol. The Labute approximate surface area is 146 Å². The highest BCUT2D eigenvalue weighted by Gasteiger charge is 2.09. The van der Waals surface area contributed by atoms with E-state index in [-0.39, 0.29) is 12.5 Å². The molecule has 1 rings (SSSR count). The first-order valence-corrected chi connectivity index (χ1v) is 7.41. The van der Waals surface area contributed by atoms with E-state index in [1.807, 2.05) is 0 Å². The van der Waals surface area contributed by atoms with Crippen molar-refractivity contribution in [2.45, 2.75) is 0 Å². The first kappa shape index (κ1) is 20.0. The van der Waals surface area contributed by atoms with Gasteiger partial charge in [0.05, 0.1) is 20.8 Å².